The van der Waals surface area contributed by atoms with Gasteiger partial charge in [-0.1, -0.05) is 30.2 Å². The highest BCUT2D eigenvalue weighted by atomic mass is 16.7. The van der Waals surface area contributed by atoms with Crippen molar-refractivity contribution in [2.24, 2.45) is 0 Å². The summed E-state index contributed by atoms with van der Waals surface area (Å²) < 4.78 is 11.1. The Morgan fingerprint density at radius 1 is 1.05 bits per heavy atom. The van der Waals surface area contributed by atoms with E-state index < -0.39 is 0 Å². The van der Waals surface area contributed by atoms with Gasteiger partial charge in [-0.05, 0) is 12.1 Å². The fraction of sp³-hybridized carbons (Fsp3) is 0.111. The molecule has 0 saturated heterocycles. The van der Waals surface area contributed by atoms with Gasteiger partial charge in [0.25, 0.3) is 0 Å². The summed E-state index contributed by atoms with van der Waals surface area (Å²) in [6.07, 6.45) is 7.72. The number of terminal acetylenes is 1. The van der Waals surface area contributed by atoms with Crippen LogP contribution in [0.15, 0.2) is 42.7 Å². The third-order valence-electron chi connectivity index (χ3n) is 3.74. The smallest absolute Gasteiger partial charge is 0.231 e. The second kappa shape index (κ2) is 5.05. The molecular weight excluding hydrogens is 276 g/mol. The average Bonchev–Trinajstić information content (AvgIpc) is 3.06. The molecule has 2 aromatic carbocycles. The van der Waals surface area contributed by atoms with Crippen molar-refractivity contribution in [1.82, 2.24) is 9.97 Å². The Bertz CT molecular complexity index is 907. The summed E-state index contributed by atoms with van der Waals surface area (Å²) in [5, 5.41) is 1.04. The molecule has 0 amide bonds. The molecule has 1 aliphatic rings. The van der Waals surface area contributed by atoms with E-state index in [1.165, 1.54) is 0 Å². The van der Waals surface area contributed by atoms with E-state index in [1.54, 1.807) is 6.33 Å². The van der Waals surface area contributed by atoms with Gasteiger partial charge in [0.1, 0.15) is 6.33 Å². The Morgan fingerprint density at radius 3 is 2.82 bits per heavy atom. The number of rotatable bonds is 2. The number of aromatic nitrogens is 2. The van der Waals surface area contributed by atoms with Crippen LogP contribution < -0.4 is 9.47 Å². The zero-order chi connectivity index (χ0) is 14.9. The van der Waals surface area contributed by atoms with Gasteiger partial charge in [-0.2, -0.15) is 0 Å². The summed E-state index contributed by atoms with van der Waals surface area (Å²) in [6.45, 7) is 0.200. The Hall–Kier alpha value is -3.06. The number of para-hydroxylation sites is 1. The molecule has 3 aromatic rings. The maximum atomic E-state index is 5.60. The lowest BCUT2D eigenvalue weighted by molar-refractivity contribution is 0.173. The molecule has 4 nitrogen and oxygen atoms in total. The van der Waals surface area contributed by atoms with Crippen LogP contribution in [0, 0.1) is 12.3 Å². The molecule has 22 heavy (non-hydrogen) atoms. The van der Waals surface area contributed by atoms with Crippen LogP contribution in [0.25, 0.3) is 10.9 Å². The molecule has 106 valence electrons. The van der Waals surface area contributed by atoms with Gasteiger partial charge in [-0.3, -0.25) is 0 Å². The molecule has 2 heterocycles. The molecule has 0 spiro atoms. The monoisotopic (exact) mass is 288 g/mol. The van der Waals surface area contributed by atoms with Gasteiger partial charge < -0.3 is 9.47 Å². The standard InChI is InChI=1S/C18H12N2O2/c1-2-12-7-8-13(18-17(12)21-11-22-18)9-16-14-5-3-4-6-15(14)19-10-20-16/h1,3-8,10H,9,11H2. The molecule has 0 radical (unpaired) electrons. The Morgan fingerprint density at radius 2 is 1.91 bits per heavy atom. The zero-order valence-corrected chi connectivity index (χ0v) is 11.7. The molecule has 4 rings (SSSR count). The van der Waals surface area contributed by atoms with Crippen LogP contribution >= 0.6 is 0 Å². The molecule has 0 bridgehead atoms. The predicted octanol–water partition coefficient (Wildman–Crippen LogP) is 2.93. The second-order valence-electron chi connectivity index (χ2n) is 5.00. The van der Waals surface area contributed by atoms with Crippen molar-refractivity contribution >= 4 is 10.9 Å². The number of benzene rings is 2. The van der Waals surface area contributed by atoms with Gasteiger partial charge in [0.05, 0.1) is 16.8 Å². The van der Waals surface area contributed by atoms with Crippen LogP contribution in [0.5, 0.6) is 11.5 Å². The van der Waals surface area contributed by atoms with Gasteiger partial charge in [-0.25, -0.2) is 9.97 Å². The first-order valence-corrected chi connectivity index (χ1v) is 6.93. The van der Waals surface area contributed by atoms with Crippen LogP contribution in [0.3, 0.4) is 0 Å². The molecule has 0 saturated carbocycles. The van der Waals surface area contributed by atoms with Crippen molar-refractivity contribution in [3.8, 4) is 23.8 Å². The van der Waals surface area contributed by atoms with E-state index in [1.807, 2.05) is 36.4 Å². The molecule has 0 fully saturated rings. The minimum Gasteiger partial charge on any atom is -0.453 e. The van der Waals surface area contributed by atoms with Crippen LogP contribution in [-0.4, -0.2) is 16.8 Å². The lowest BCUT2D eigenvalue weighted by Gasteiger charge is -2.08. The average molecular weight is 288 g/mol. The summed E-state index contributed by atoms with van der Waals surface area (Å²) in [7, 11) is 0. The highest BCUT2D eigenvalue weighted by Crippen LogP contribution is 2.39. The van der Waals surface area contributed by atoms with Crippen molar-refractivity contribution in [2.45, 2.75) is 6.42 Å². The maximum Gasteiger partial charge on any atom is 0.231 e. The van der Waals surface area contributed by atoms with E-state index in [0.29, 0.717) is 17.7 Å². The van der Waals surface area contributed by atoms with E-state index in [9.17, 15) is 0 Å². The molecule has 0 atom stereocenters. The Balaban J connectivity index is 1.81. The van der Waals surface area contributed by atoms with Gasteiger partial charge in [0, 0.05) is 17.4 Å². The van der Waals surface area contributed by atoms with Crippen molar-refractivity contribution in [1.29, 1.82) is 0 Å². The third-order valence-corrected chi connectivity index (χ3v) is 3.74. The summed E-state index contributed by atoms with van der Waals surface area (Å²) in [6, 6.07) is 11.8. The van der Waals surface area contributed by atoms with Crippen molar-refractivity contribution < 1.29 is 9.47 Å². The van der Waals surface area contributed by atoms with Crippen molar-refractivity contribution in [3.63, 3.8) is 0 Å². The number of ether oxygens (including phenoxy) is 2. The third kappa shape index (κ3) is 1.95. The normalized spacial score (nSPS) is 12.3. The van der Waals surface area contributed by atoms with E-state index in [4.69, 9.17) is 15.9 Å². The minimum atomic E-state index is 0.200. The number of nitrogens with zero attached hydrogens (tertiary/aromatic N) is 2. The van der Waals surface area contributed by atoms with E-state index in [0.717, 1.165) is 27.9 Å². The summed E-state index contributed by atoms with van der Waals surface area (Å²) >= 11 is 0. The SMILES string of the molecule is C#Cc1ccc(Cc2ncnc3ccccc23)c2c1OCO2. The lowest BCUT2D eigenvalue weighted by atomic mass is 10.0. The summed E-state index contributed by atoms with van der Waals surface area (Å²) in [4.78, 5) is 8.71. The second-order valence-corrected chi connectivity index (χ2v) is 5.00. The maximum absolute atomic E-state index is 5.60. The lowest BCUT2D eigenvalue weighted by Crippen LogP contribution is -1.98. The van der Waals surface area contributed by atoms with Crippen molar-refractivity contribution in [2.75, 3.05) is 6.79 Å². The molecule has 0 aliphatic carbocycles. The molecular formula is C18H12N2O2. The molecule has 0 unspecified atom stereocenters. The minimum absolute atomic E-state index is 0.200. The first-order valence-electron chi connectivity index (χ1n) is 6.93. The van der Waals surface area contributed by atoms with Crippen molar-refractivity contribution in [3.05, 3.63) is 59.5 Å². The summed E-state index contributed by atoms with van der Waals surface area (Å²) in [5.41, 5.74) is 3.61. The fourth-order valence-corrected chi connectivity index (χ4v) is 2.69. The largest absolute Gasteiger partial charge is 0.453 e. The van der Waals surface area contributed by atoms with Crippen LogP contribution in [0.4, 0.5) is 0 Å². The van der Waals surface area contributed by atoms with E-state index >= 15 is 0 Å². The Kier molecular flexibility index (Phi) is 2.90. The van der Waals surface area contributed by atoms with Gasteiger partial charge >= 0.3 is 0 Å². The highest BCUT2D eigenvalue weighted by molar-refractivity contribution is 5.81. The molecule has 0 N–H and O–H groups in total. The molecule has 4 heteroatoms. The molecule has 1 aliphatic heterocycles. The van der Waals surface area contributed by atoms with Gasteiger partial charge in [0.2, 0.25) is 6.79 Å². The van der Waals surface area contributed by atoms with Gasteiger partial charge in [0.15, 0.2) is 11.5 Å². The van der Waals surface area contributed by atoms with E-state index in [2.05, 4.69) is 15.9 Å². The predicted molar refractivity (Wildman–Crippen MR) is 82.8 cm³/mol. The van der Waals surface area contributed by atoms with Crippen LogP contribution in [0.2, 0.25) is 0 Å². The molecule has 1 aromatic heterocycles. The van der Waals surface area contributed by atoms with Crippen LogP contribution in [0.1, 0.15) is 16.8 Å². The zero-order valence-electron chi connectivity index (χ0n) is 11.7. The van der Waals surface area contributed by atoms with Gasteiger partial charge in [-0.15, -0.1) is 6.42 Å². The Labute approximate surface area is 127 Å². The summed E-state index contributed by atoms with van der Waals surface area (Å²) in [5.74, 6) is 3.99. The first kappa shape index (κ1) is 12.7. The quantitative estimate of drug-likeness (QED) is 0.680. The highest BCUT2D eigenvalue weighted by Gasteiger charge is 2.21. The number of fused-ring (bicyclic) bond motifs is 2. The van der Waals surface area contributed by atoms with E-state index in [-0.39, 0.29) is 6.79 Å². The van der Waals surface area contributed by atoms with Crippen LogP contribution in [-0.2, 0) is 6.42 Å². The first-order chi connectivity index (χ1) is 10.9. The number of hydrogen-bond donors (Lipinski definition) is 0. The fourth-order valence-electron chi connectivity index (χ4n) is 2.69. The topological polar surface area (TPSA) is 44.2 Å². The number of hydrogen-bond acceptors (Lipinski definition) is 4.